The molecular formula is C15H17NO4. The summed E-state index contributed by atoms with van der Waals surface area (Å²) in [6.45, 7) is 3.71. The van der Waals surface area contributed by atoms with Crippen molar-refractivity contribution in [3.8, 4) is 5.75 Å². The quantitative estimate of drug-likeness (QED) is 0.845. The Labute approximate surface area is 117 Å². The van der Waals surface area contributed by atoms with Gasteiger partial charge in [0.1, 0.15) is 11.9 Å². The summed E-state index contributed by atoms with van der Waals surface area (Å²) in [4.78, 5) is 24.8. The Morgan fingerprint density at radius 1 is 1.35 bits per heavy atom. The smallest absolute Gasteiger partial charge is 0.308 e. The van der Waals surface area contributed by atoms with Gasteiger partial charge in [0.2, 0.25) is 5.91 Å². The minimum absolute atomic E-state index is 0.0995. The van der Waals surface area contributed by atoms with Crippen molar-refractivity contribution >= 4 is 17.6 Å². The van der Waals surface area contributed by atoms with Crippen LogP contribution in [0.2, 0.25) is 0 Å². The second-order valence-electron chi connectivity index (χ2n) is 5.55. The summed E-state index contributed by atoms with van der Waals surface area (Å²) in [5, 5.41) is 9.24. The minimum Gasteiger partial charge on any atom is -0.490 e. The van der Waals surface area contributed by atoms with Crippen molar-refractivity contribution in [1.82, 2.24) is 0 Å². The molecule has 2 aliphatic heterocycles. The van der Waals surface area contributed by atoms with E-state index in [2.05, 4.69) is 0 Å². The number of hydrogen-bond donors (Lipinski definition) is 1. The van der Waals surface area contributed by atoms with Crippen LogP contribution in [0.15, 0.2) is 12.1 Å². The number of carboxylic acid groups (broad SMARTS) is 1. The average Bonchev–Trinajstić information content (AvgIpc) is 2.77. The van der Waals surface area contributed by atoms with Crippen LogP contribution >= 0.6 is 0 Å². The molecule has 5 nitrogen and oxygen atoms in total. The molecule has 106 valence electrons. The average molecular weight is 275 g/mol. The SMILES string of the molecule is CC(=O)N1CC(C(=O)O)Cc2ccc3c(c21)CC(C)O3. The van der Waals surface area contributed by atoms with E-state index in [1.165, 1.54) is 6.92 Å². The van der Waals surface area contributed by atoms with Crippen molar-refractivity contribution in [2.75, 3.05) is 11.4 Å². The molecule has 2 heterocycles. The van der Waals surface area contributed by atoms with Gasteiger partial charge in [-0.05, 0) is 25.0 Å². The third kappa shape index (κ3) is 1.94. The van der Waals surface area contributed by atoms with Crippen molar-refractivity contribution in [2.24, 2.45) is 5.92 Å². The molecule has 0 saturated heterocycles. The Balaban J connectivity index is 2.11. The summed E-state index contributed by atoms with van der Waals surface area (Å²) in [6, 6.07) is 3.78. The minimum atomic E-state index is -0.855. The fourth-order valence-corrected chi connectivity index (χ4v) is 3.11. The number of fused-ring (bicyclic) bond motifs is 3. The molecule has 20 heavy (non-hydrogen) atoms. The summed E-state index contributed by atoms with van der Waals surface area (Å²) >= 11 is 0. The van der Waals surface area contributed by atoms with Crippen molar-refractivity contribution in [3.63, 3.8) is 0 Å². The molecule has 2 aliphatic rings. The molecule has 0 aliphatic carbocycles. The first-order chi connectivity index (χ1) is 9.47. The van der Waals surface area contributed by atoms with Crippen molar-refractivity contribution < 1.29 is 19.4 Å². The highest BCUT2D eigenvalue weighted by molar-refractivity contribution is 5.95. The Bertz CT molecular complexity index is 596. The van der Waals surface area contributed by atoms with Gasteiger partial charge in [-0.15, -0.1) is 0 Å². The van der Waals surface area contributed by atoms with E-state index in [9.17, 15) is 14.7 Å². The fraction of sp³-hybridized carbons (Fsp3) is 0.467. The van der Waals surface area contributed by atoms with Gasteiger partial charge in [0, 0.05) is 25.5 Å². The van der Waals surface area contributed by atoms with Crippen LogP contribution in [-0.4, -0.2) is 29.6 Å². The van der Waals surface area contributed by atoms with Gasteiger partial charge in [0.25, 0.3) is 0 Å². The van der Waals surface area contributed by atoms with Crippen molar-refractivity contribution in [2.45, 2.75) is 32.8 Å². The van der Waals surface area contributed by atoms with Crippen LogP contribution in [-0.2, 0) is 22.4 Å². The van der Waals surface area contributed by atoms with Crippen LogP contribution in [0.4, 0.5) is 5.69 Å². The zero-order valence-corrected chi connectivity index (χ0v) is 11.5. The van der Waals surface area contributed by atoms with Crippen molar-refractivity contribution in [1.29, 1.82) is 0 Å². The number of aliphatic carboxylic acids is 1. The van der Waals surface area contributed by atoms with Crippen molar-refractivity contribution in [3.05, 3.63) is 23.3 Å². The largest absolute Gasteiger partial charge is 0.490 e. The summed E-state index contributed by atoms with van der Waals surface area (Å²) in [5.74, 6) is -0.697. The Morgan fingerprint density at radius 2 is 2.10 bits per heavy atom. The predicted molar refractivity (Wildman–Crippen MR) is 73.1 cm³/mol. The normalized spacial score (nSPS) is 23.8. The first-order valence-corrected chi connectivity index (χ1v) is 6.79. The van der Waals surface area contributed by atoms with E-state index in [0.717, 1.165) is 29.0 Å². The number of nitrogens with zero attached hydrogens (tertiary/aromatic N) is 1. The molecule has 0 fully saturated rings. The van der Waals surface area contributed by atoms with Gasteiger partial charge < -0.3 is 14.7 Å². The lowest BCUT2D eigenvalue weighted by molar-refractivity contribution is -0.141. The van der Waals surface area contributed by atoms with Gasteiger partial charge in [-0.3, -0.25) is 9.59 Å². The lowest BCUT2D eigenvalue weighted by atomic mass is 9.89. The topological polar surface area (TPSA) is 66.8 Å². The third-order valence-corrected chi connectivity index (χ3v) is 4.01. The van der Waals surface area contributed by atoms with Gasteiger partial charge in [-0.1, -0.05) is 6.07 Å². The number of carbonyl (C=O) groups excluding carboxylic acids is 1. The lowest BCUT2D eigenvalue weighted by Crippen LogP contribution is -2.42. The number of anilines is 1. The fourth-order valence-electron chi connectivity index (χ4n) is 3.11. The Morgan fingerprint density at radius 3 is 2.75 bits per heavy atom. The second-order valence-corrected chi connectivity index (χ2v) is 5.55. The number of hydrogen-bond acceptors (Lipinski definition) is 3. The van der Waals surface area contributed by atoms with E-state index >= 15 is 0 Å². The molecule has 0 bridgehead atoms. The highest BCUT2D eigenvalue weighted by atomic mass is 16.5. The summed E-state index contributed by atoms with van der Waals surface area (Å²) in [7, 11) is 0. The summed E-state index contributed by atoms with van der Waals surface area (Å²) in [5.41, 5.74) is 2.83. The van der Waals surface area contributed by atoms with Gasteiger partial charge in [0.05, 0.1) is 11.6 Å². The highest BCUT2D eigenvalue weighted by Gasteiger charge is 2.35. The van der Waals surface area contributed by atoms with E-state index in [-0.39, 0.29) is 18.6 Å². The molecule has 2 unspecified atom stereocenters. The van der Waals surface area contributed by atoms with Gasteiger partial charge >= 0.3 is 5.97 Å². The van der Waals surface area contributed by atoms with E-state index in [4.69, 9.17) is 4.74 Å². The first kappa shape index (κ1) is 13.0. The van der Waals surface area contributed by atoms with E-state index in [1.54, 1.807) is 4.90 Å². The molecule has 1 aromatic carbocycles. The zero-order chi connectivity index (χ0) is 14.4. The van der Waals surface area contributed by atoms with Crippen LogP contribution in [0.3, 0.4) is 0 Å². The Hall–Kier alpha value is -2.04. The molecule has 1 amide bonds. The maximum absolute atomic E-state index is 11.9. The predicted octanol–water partition coefficient (Wildman–Crippen LogP) is 1.62. The van der Waals surface area contributed by atoms with Gasteiger partial charge in [-0.2, -0.15) is 0 Å². The molecule has 5 heteroatoms. The zero-order valence-electron chi connectivity index (χ0n) is 11.5. The number of ether oxygens (including phenoxy) is 1. The standard InChI is InChI=1S/C15H17NO4/c1-8-5-12-13(20-8)4-3-10-6-11(15(18)19)7-16(9(2)17)14(10)12/h3-4,8,11H,5-7H2,1-2H3,(H,18,19). The number of carboxylic acids is 1. The molecule has 3 rings (SSSR count). The second kappa shape index (κ2) is 4.51. The van der Waals surface area contributed by atoms with Crippen LogP contribution in [0, 0.1) is 5.92 Å². The molecule has 0 saturated carbocycles. The van der Waals surface area contributed by atoms with Crippen LogP contribution in [0.5, 0.6) is 5.75 Å². The first-order valence-electron chi connectivity index (χ1n) is 6.79. The lowest BCUT2D eigenvalue weighted by Gasteiger charge is -2.33. The van der Waals surface area contributed by atoms with E-state index in [1.807, 2.05) is 19.1 Å². The maximum Gasteiger partial charge on any atom is 0.308 e. The van der Waals surface area contributed by atoms with E-state index < -0.39 is 11.9 Å². The molecule has 1 aromatic rings. The summed E-state index contributed by atoms with van der Waals surface area (Å²) < 4.78 is 5.72. The molecule has 1 N–H and O–H groups in total. The number of rotatable bonds is 1. The van der Waals surface area contributed by atoms with Gasteiger partial charge in [0.15, 0.2) is 0 Å². The summed E-state index contributed by atoms with van der Waals surface area (Å²) in [6.07, 6.45) is 1.33. The molecular weight excluding hydrogens is 258 g/mol. The van der Waals surface area contributed by atoms with Crippen LogP contribution in [0.25, 0.3) is 0 Å². The Kier molecular flexibility index (Phi) is 2.92. The maximum atomic E-state index is 11.9. The van der Waals surface area contributed by atoms with Crippen LogP contribution in [0.1, 0.15) is 25.0 Å². The molecule has 0 radical (unpaired) electrons. The van der Waals surface area contributed by atoms with Crippen LogP contribution < -0.4 is 9.64 Å². The third-order valence-electron chi connectivity index (χ3n) is 4.01. The van der Waals surface area contributed by atoms with E-state index in [0.29, 0.717) is 6.42 Å². The number of amides is 1. The number of carbonyl (C=O) groups is 2. The monoisotopic (exact) mass is 275 g/mol. The molecule has 0 aromatic heterocycles. The highest BCUT2D eigenvalue weighted by Crippen LogP contribution is 2.42. The number of benzene rings is 1. The van der Waals surface area contributed by atoms with Gasteiger partial charge in [-0.25, -0.2) is 0 Å². The molecule has 2 atom stereocenters. The molecule has 0 spiro atoms.